The zero-order valence-corrected chi connectivity index (χ0v) is 16.5. The van der Waals surface area contributed by atoms with E-state index in [1.807, 2.05) is 18.2 Å². The molecule has 1 amide bonds. The highest BCUT2D eigenvalue weighted by Gasteiger charge is 2.25. The number of halogens is 2. The molecule has 3 aromatic rings. The lowest BCUT2D eigenvalue weighted by atomic mass is 10.2. The Morgan fingerprint density at radius 3 is 2.66 bits per heavy atom. The van der Waals surface area contributed by atoms with Crippen LogP contribution in [0.2, 0.25) is 5.02 Å². The predicted octanol–water partition coefficient (Wildman–Crippen LogP) is 1.12. The molecule has 29 heavy (non-hydrogen) atoms. The van der Waals surface area contributed by atoms with Crippen molar-refractivity contribution in [2.75, 3.05) is 26.2 Å². The van der Waals surface area contributed by atoms with E-state index in [0.717, 1.165) is 0 Å². The smallest absolute Gasteiger partial charge is 0.269 e. The van der Waals surface area contributed by atoms with Crippen molar-refractivity contribution >= 4 is 28.5 Å². The van der Waals surface area contributed by atoms with Gasteiger partial charge in [-0.3, -0.25) is 14.2 Å². The molecule has 0 radical (unpaired) electrons. The molecule has 4 rings (SSSR count). The van der Waals surface area contributed by atoms with Gasteiger partial charge in [0.05, 0.1) is 54.0 Å². The summed E-state index contributed by atoms with van der Waals surface area (Å²) in [5.74, 6) is -0.404. The first-order chi connectivity index (χ1) is 14.0. The molecule has 0 saturated carbocycles. The third-order valence-electron chi connectivity index (χ3n) is 5.36. The summed E-state index contributed by atoms with van der Waals surface area (Å²) in [5, 5.41) is 0.431. The quantitative estimate of drug-likeness (QED) is 0.694. The molecule has 1 N–H and O–H groups in total. The zero-order chi connectivity index (χ0) is 20.4. The van der Waals surface area contributed by atoms with Crippen molar-refractivity contribution in [1.29, 1.82) is 0 Å². The van der Waals surface area contributed by atoms with E-state index in [1.165, 1.54) is 21.7 Å². The molecular weight excluding hydrogens is 395 g/mol. The number of hydrogen-bond donors (Lipinski definition) is 1. The van der Waals surface area contributed by atoms with Gasteiger partial charge in [-0.25, -0.2) is 9.37 Å². The normalized spacial score (nSPS) is 15.0. The van der Waals surface area contributed by atoms with Crippen LogP contribution in [0.4, 0.5) is 4.39 Å². The highest BCUT2D eigenvalue weighted by Crippen LogP contribution is 2.17. The first kappa shape index (κ1) is 19.5. The second-order valence-corrected chi connectivity index (χ2v) is 7.59. The van der Waals surface area contributed by atoms with Crippen LogP contribution in [-0.2, 0) is 17.9 Å². The number of quaternary nitrogens is 1. The molecular formula is C21H21ClFN4O2+. The molecule has 1 aliphatic rings. The first-order valence-corrected chi connectivity index (χ1v) is 9.89. The number of nitrogens with one attached hydrogen (secondary N) is 1. The van der Waals surface area contributed by atoms with Crippen LogP contribution in [0.25, 0.3) is 11.0 Å². The van der Waals surface area contributed by atoms with E-state index in [9.17, 15) is 14.0 Å². The number of para-hydroxylation sites is 2. The Morgan fingerprint density at radius 1 is 1.14 bits per heavy atom. The number of benzene rings is 2. The summed E-state index contributed by atoms with van der Waals surface area (Å²) in [5.41, 5.74) is 1.54. The molecule has 0 spiro atoms. The lowest BCUT2D eigenvalue weighted by molar-refractivity contribution is -0.917. The minimum absolute atomic E-state index is 0.0175. The van der Waals surface area contributed by atoms with Crippen molar-refractivity contribution in [3.05, 3.63) is 75.4 Å². The standard InChI is InChI=1S/C21H20ClFN4O2/c22-16-4-3-5-17(23)15(16)13-25-8-10-26(11-9-25)21(29)14-27-19-7-2-1-6-18(19)24-12-20(27)28/h1-7,12H,8-11,13-14H2/p+1. The van der Waals surface area contributed by atoms with Crippen LogP contribution in [0, 0.1) is 5.82 Å². The van der Waals surface area contributed by atoms with E-state index >= 15 is 0 Å². The van der Waals surface area contributed by atoms with Gasteiger partial charge in [0.25, 0.3) is 5.56 Å². The van der Waals surface area contributed by atoms with Crippen LogP contribution in [-0.4, -0.2) is 46.5 Å². The maximum Gasteiger partial charge on any atom is 0.269 e. The summed E-state index contributed by atoms with van der Waals surface area (Å²) in [7, 11) is 0. The van der Waals surface area contributed by atoms with Crippen molar-refractivity contribution in [3.8, 4) is 0 Å². The second kappa shape index (κ2) is 8.31. The summed E-state index contributed by atoms with van der Waals surface area (Å²) in [6, 6.07) is 12.0. The molecule has 0 bridgehead atoms. The number of aromatic nitrogens is 2. The summed E-state index contributed by atoms with van der Waals surface area (Å²) >= 11 is 6.13. The van der Waals surface area contributed by atoms with Crippen molar-refractivity contribution in [2.45, 2.75) is 13.1 Å². The highest BCUT2D eigenvalue weighted by molar-refractivity contribution is 6.31. The van der Waals surface area contributed by atoms with Gasteiger partial charge in [-0.15, -0.1) is 0 Å². The Labute approximate surface area is 172 Å². The molecule has 2 heterocycles. The van der Waals surface area contributed by atoms with Gasteiger partial charge >= 0.3 is 0 Å². The van der Waals surface area contributed by atoms with Gasteiger partial charge in [0.15, 0.2) is 0 Å². The Bertz CT molecular complexity index is 1090. The molecule has 1 aliphatic heterocycles. The largest absolute Gasteiger partial charge is 0.330 e. The van der Waals surface area contributed by atoms with Gasteiger partial charge in [0.2, 0.25) is 5.91 Å². The summed E-state index contributed by atoms with van der Waals surface area (Å²) in [6.45, 7) is 2.97. The predicted molar refractivity (Wildman–Crippen MR) is 108 cm³/mol. The Morgan fingerprint density at radius 2 is 1.90 bits per heavy atom. The van der Waals surface area contributed by atoms with E-state index in [0.29, 0.717) is 54.3 Å². The molecule has 1 saturated heterocycles. The van der Waals surface area contributed by atoms with Crippen LogP contribution in [0.5, 0.6) is 0 Å². The Balaban J connectivity index is 1.41. The third kappa shape index (κ3) is 4.16. The third-order valence-corrected chi connectivity index (χ3v) is 5.71. The van der Waals surface area contributed by atoms with Gasteiger partial charge < -0.3 is 9.80 Å². The number of hydrogen-bond acceptors (Lipinski definition) is 3. The monoisotopic (exact) mass is 415 g/mol. The van der Waals surface area contributed by atoms with E-state index in [2.05, 4.69) is 4.98 Å². The summed E-state index contributed by atoms with van der Waals surface area (Å²) in [4.78, 5) is 32.1. The SMILES string of the molecule is O=C(Cn1c(=O)cnc2ccccc21)N1CC[NH+](Cc2c(F)cccc2Cl)CC1. The van der Waals surface area contributed by atoms with Gasteiger partial charge in [-0.2, -0.15) is 0 Å². The first-order valence-electron chi connectivity index (χ1n) is 9.52. The lowest BCUT2D eigenvalue weighted by Gasteiger charge is -2.32. The molecule has 0 atom stereocenters. The summed E-state index contributed by atoms with van der Waals surface area (Å²) < 4.78 is 15.5. The molecule has 6 nitrogen and oxygen atoms in total. The van der Waals surface area contributed by atoms with Crippen LogP contribution in [0.1, 0.15) is 5.56 Å². The van der Waals surface area contributed by atoms with Gasteiger partial charge in [-0.1, -0.05) is 29.8 Å². The fraction of sp³-hybridized carbons (Fsp3) is 0.286. The molecule has 150 valence electrons. The molecule has 8 heteroatoms. The molecule has 1 fully saturated rings. The number of amides is 1. The minimum Gasteiger partial charge on any atom is -0.330 e. The van der Waals surface area contributed by atoms with Crippen LogP contribution in [0.3, 0.4) is 0 Å². The van der Waals surface area contributed by atoms with Crippen molar-refractivity contribution in [1.82, 2.24) is 14.5 Å². The second-order valence-electron chi connectivity index (χ2n) is 7.18. The van der Waals surface area contributed by atoms with Crippen LogP contribution >= 0.6 is 11.6 Å². The summed E-state index contributed by atoms with van der Waals surface area (Å²) in [6.07, 6.45) is 1.25. The number of rotatable bonds is 4. The Hall–Kier alpha value is -2.77. The lowest BCUT2D eigenvalue weighted by Crippen LogP contribution is -3.13. The number of nitrogens with zero attached hydrogens (tertiary/aromatic N) is 3. The minimum atomic E-state index is -0.299. The number of carbonyl (C=O) groups is 1. The fourth-order valence-corrected chi connectivity index (χ4v) is 3.94. The highest BCUT2D eigenvalue weighted by atomic mass is 35.5. The van der Waals surface area contributed by atoms with Crippen molar-refractivity contribution in [2.24, 2.45) is 0 Å². The van der Waals surface area contributed by atoms with Crippen LogP contribution < -0.4 is 10.5 Å². The molecule has 0 unspecified atom stereocenters. The van der Waals surface area contributed by atoms with Gasteiger partial charge in [0, 0.05) is 0 Å². The molecule has 1 aromatic heterocycles. The molecule has 0 aliphatic carbocycles. The van der Waals surface area contributed by atoms with Crippen molar-refractivity contribution < 1.29 is 14.1 Å². The van der Waals surface area contributed by atoms with Gasteiger partial charge in [-0.05, 0) is 24.3 Å². The topological polar surface area (TPSA) is 59.6 Å². The van der Waals surface area contributed by atoms with E-state index < -0.39 is 0 Å². The van der Waals surface area contributed by atoms with E-state index in [4.69, 9.17) is 11.6 Å². The number of fused-ring (bicyclic) bond motifs is 1. The average Bonchev–Trinajstić information content (AvgIpc) is 2.73. The van der Waals surface area contributed by atoms with E-state index in [-0.39, 0.29) is 23.8 Å². The van der Waals surface area contributed by atoms with Gasteiger partial charge in [0.1, 0.15) is 18.9 Å². The Kier molecular flexibility index (Phi) is 5.60. The zero-order valence-electron chi connectivity index (χ0n) is 15.8. The van der Waals surface area contributed by atoms with Crippen LogP contribution in [0.15, 0.2) is 53.5 Å². The van der Waals surface area contributed by atoms with Crippen molar-refractivity contribution in [3.63, 3.8) is 0 Å². The number of piperazine rings is 1. The maximum atomic E-state index is 14.0. The number of carbonyl (C=O) groups excluding carboxylic acids is 1. The average molecular weight is 416 g/mol. The molecule has 2 aromatic carbocycles. The maximum absolute atomic E-state index is 14.0. The van der Waals surface area contributed by atoms with E-state index in [1.54, 1.807) is 23.1 Å². The fourth-order valence-electron chi connectivity index (χ4n) is 3.71.